The van der Waals surface area contributed by atoms with Crippen LogP contribution < -0.4 is 0 Å². The van der Waals surface area contributed by atoms with E-state index >= 15 is 0 Å². The molecule has 1 fully saturated rings. The zero-order valence-electron chi connectivity index (χ0n) is 13.7. The van der Waals surface area contributed by atoms with Crippen LogP contribution in [0.15, 0.2) is 36.5 Å². The van der Waals surface area contributed by atoms with Crippen molar-refractivity contribution in [2.24, 2.45) is 0 Å². The Morgan fingerprint density at radius 1 is 1.19 bits per heavy atom. The SMILES string of the molecule is O=C(c1ccn(-c2ccccc2Cl)n1)N1CCCC(O)(C(F)(F)F)CC1. The molecule has 2 aromatic rings. The van der Waals surface area contributed by atoms with E-state index in [0.717, 1.165) is 0 Å². The second kappa shape index (κ2) is 6.92. The highest BCUT2D eigenvalue weighted by Gasteiger charge is 2.53. The van der Waals surface area contributed by atoms with Gasteiger partial charge in [-0.15, -0.1) is 0 Å². The van der Waals surface area contributed by atoms with Crippen LogP contribution in [0.2, 0.25) is 5.02 Å². The van der Waals surface area contributed by atoms with Crippen LogP contribution in [0.4, 0.5) is 13.2 Å². The van der Waals surface area contributed by atoms with Crippen molar-refractivity contribution in [3.8, 4) is 5.69 Å². The van der Waals surface area contributed by atoms with Crippen molar-refractivity contribution in [1.29, 1.82) is 0 Å². The molecule has 3 rings (SSSR count). The van der Waals surface area contributed by atoms with Gasteiger partial charge in [-0.05, 0) is 31.0 Å². The van der Waals surface area contributed by atoms with Crippen molar-refractivity contribution in [3.63, 3.8) is 0 Å². The lowest BCUT2D eigenvalue weighted by Crippen LogP contribution is -2.46. The number of para-hydroxylation sites is 1. The quantitative estimate of drug-likeness (QED) is 0.858. The Bertz CT molecular complexity index is 809. The van der Waals surface area contributed by atoms with Crippen molar-refractivity contribution in [2.75, 3.05) is 13.1 Å². The van der Waals surface area contributed by atoms with Gasteiger partial charge in [0.15, 0.2) is 11.3 Å². The molecule has 1 aliphatic rings. The molecule has 1 aromatic carbocycles. The van der Waals surface area contributed by atoms with Gasteiger partial charge in [-0.2, -0.15) is 18.3 Å². The molecule has 140 valence electrons. The molecule has 0 radical (unpaired) electrons. The fraction of sp³-hybridized carbons (Fsp3) is 0.412. The van der Waals surface area contributed by atoms with Crippen LogP contribution in [-0.2, 0) is 0 Å². The van der Waals surface area contributed by atoms with Crippen molar-refractivity contribution < 1.29 is 23.1 Å². The molecule has 2 heterocycles. The van der Waals surface area contributed by atoms with E-state index in [1.807, 2.05) is 0 Å². The molecule has 1 saturated heterocycles. The van der Waals surface area contributed by atoms with Crippen LogP contribution in [-0.4, -0.2) is 50.6 Å². The highest BCUT2D eigenvalue weighted by atomic mass is 35.5. The van der Waals surface area contributed by atoms with E-state index in [1.54, 1.807) is 30.5 Å². The van der Waals surface area contributed by atoms with Gasteiger partial charge in [0, 0.05) is 25.7 Å². The fourth-order valence-electron chi connectivity index (χ4n) is 2.98. The zero-order valence-corrected chi connectivity index (χ0v) is 14.5. The van der Waals surface area contributed by atoms with Crippen LogP contribution in [0, 0.1) is 0 Å². The minimum atomic E-state index is -4.71. The van der Waals surface area contributed by atoms with Gasteiger partial charge >= 0.3 is 6.18 Å². The number of hydrogen-bond acceptors (Lipinski definition) is 3. The van der Waals surface area contributed by atoms with E-state index in [-0.39, 0.29) is 25.2 Å². The molecule has 0 spiro atoms. The van der Waals surface area contributed by atoms with Gasteiger partial charge < -0.3 is 10.0 Å². The van der Waals surface area contributed by atoms with Crippen molar-refractivity contribution in [1.82, 2.24) is 14.7 Å². The average molecular weight is 388 g/mol. The molecule has 0 bridgehead atoms. The van der Waals surface area contributed by atoms with Crippen LogP contribution in [0.3, 0.4) is 0 Å². The Labute approximate surface area is 153 Å². The maximum Gasteiger partial charge on any atom is 0.417 e. The van der Waals surface area contributed by atoms with Crippen LogP contribution >= 0.6 is 11.6 Å². The number of carbonyl (C=O) groups is 1. The molecule has 1 amide bonds. The molecule has 0 saturated carbocycles. The third-order valence-electron chi connectivity index (χ3n) is 4.54. The molecular formula is C17H17ClF3N3O2. The summed E-state index contributed by atoms with van der Waals surface area (Å²) >= 11 is 6.10. The number of aliphatic hydroxyl groups is 1. The molecule has 1 unspecified atom stereocenters. The first kappa shape index (κ1) is 18.7. The summed E-state index contributed by atoms with van der Waals surface area (Å²) in [6.45, 7) is -0.0516. The number of alkyl halides is 3. The number of likely N-dealkylation sites (tertiary alicyclic amines) is 1. The monoisotopic (exact) mass is 387 g/mol. The van der Waals surface area contributed by atoms with Crippen molar-refractivity contribution in [2.45, 2.75) is 31.0 Å². The number of carbonyl (C=O) groups excluding carboxylic acids is 1. The minimum Gasteiger partial charge on any atom is -0.380 e. The largest absolute Gasteiger partial charge is 0.417 e. The molecular weight excluding hydrogens is 371 g/mol. The van der Waals surface area contributed by atoms with E-state index in [4.69, 9.17) is 11.6 Å². The summed E-state index contributed by atoms with van der Waals surface area (Å²) < 4.78 is 40.5. The Morgan fingerprint density at radius 3 is 2.62 bits per heavy atom. The first-order valence-electron chi connectivity index (χ1n) is 8.10. The predicted molar refractivity (Wildman–Crippen MR) is 89.3 cm³/mol. The summed E-state index contributed by atoms with van der Waals surface area (Å²) in [7, 11) is 0. The Morgan fingerprint density at radius 2 is 1.92 bits per heavy atom. The number of rotatable bonds is 2. The normalized spacial score (nSPS) is 21.5. The third kappa shape index (κ3) is 3.57. The highest BCUT2D eigenvalue weighted by molar-refractivity contribution is 6.32. The van der Waals surface area contributed by atoms with Gasteiger partial charge in [0.1, 0.15) is 0 Å². The molecule has 1 atom stereocenters. The summed E-state index contributed by atoms with van der Waals surface area (Å²) in [5, 5.41) is 14.5. The summed E-state index contributed by atoms with van der Waals surface area (Å²) in [5.74, 6) is -0.470. The number of halogens is 4. The molecule has 1 aromatic heterocycles. The number of hydrogen-bond donors (Lipinski definition) is 1. The second-order valence-corrected chi connectivity index (χ2v) is 6.68. The topological polar surface area (TPSA) is 58.4 Å². The van der Waals surface area contributed by atoms with E-state index in [0.29, 0.717) is 10.7 Å². The molecule has 0 aliphatic carbocycles. The lowest BCUT2D eigenvalue weighted by Gasteiger charge is -2.29. The number of amides is 1. The lowest BCUT2D eigenvalue weighted by atomic mass is 9.94. The maximum atomic E-state index is 13.0. The zero-order chi connectivity index (χ0) is 18.9. The first-order chi connectivity index (χ1) is 12.2. The molecule has 9 heteroatoms. The summed E-state index contributed by atoms with van der Waals surface area (Å²) in [6, 6.07) is 8.45. The number of aromatic nitrogens is 2. The second-order valence-electron chi connectivity index (χ2n) is 6.27. The third-order valence-corrected chi connectivity index (χ3v) is 4.86. The smallest absolute Gasteiger partial charge is 0.380 e. The van der Waals surface area contributed by atoms with Crippen LogP contribution in [0.5, 0.6) is 0 Å². The standard InChI is InChI=1S/C17H17ClF3N3O2/c18-12-4-1-2-5-14(12)24-10-6-13(22-24)15(25)23-9-3-7-16(26,8-11-23)17(19,20)21/h1-2,4-6,10,26H,3,7-9,11H2. The highest BCUT2D eigenvalue weighted by Crippen LogP contribution is 2.38. The van der Waals surface area contributed by atoms with E-state index in [9.17, 15) is 23.1 Å². The Kier molecular flexibility index (Phi) is 4.98. The Hall–Kier alpha value is -2.06. The summed E-state index contributed by atoms with van der Waals surface area (Å²) in [6.07, 6.45) is -4.05. The summed E-state index contributed by atoms with van der Waals surface area (Å²) in [5.41, 5.74) is -2.04. The van der Waals surface area contributed by atoms with E-state index < -0.39 is 30.5 Å². The number of benzene rings is 1. The molecule has 26 heavy (non-hydrogen) atoms. The van der Waals surface area contributed by atoms with E-state index in [1.165, 1.54) is 15.6 Å². The average Bonchev–Trinajstić information content (AvgIpc) is 2.97. The maximum absolute atomic E-state index is 13.0. The molecule has 5 nitrogen and oxygen atoms in total. The van der Waals surface area contributed by atoms with Crippen LogP contribution in [0.1, 0.15) is 29.8 Å². The predicted octanol–water partition coefficient (Wildman–Crippen LogP) is 3.45. The van der Waals surface area contributed by atoms with Gasteiger partial charge in [-0.3, -0.25) is 4.79 Å². The van der Waals surface area contributed by atoms with Gasteiger partial charge in [0.05, 0.1) is 10.7 Å². The van der Waals surface area contributed by atoms with Gasteiger partial charge in [0.2, 0.25) is 0 Å². The fourth-order valence-corrected chi connectivity index (χ4v) is 3.20. The van der Waals surface area contributed by atoms with Gasteiger partial charge in [0.25, 0.3) is 5.91 Å². The molecule has 1 N–H and O–H groups in total. The molecule has 1 aliphatic heterocycles. The first-order valence-corrected chi connectivity index (χ1v) is 8.48. The lowest BCUT2D eigenvalue weighted by molar-refractivity contribution is -0.263. The minimum absolute atomic E-state index is 0.0625. The van der Waals surface area contributed by atoms with Gasteiger partial charge in [-0.1, -0.05) is 23.7 Å². The number of nitrogens with zero attached hydrogens (tertiary/aromatic N) is 3. The summed E-state index contributed by atoms with van der Waals surface area (Å²) in [4.78, 5) is 13.9. The van der Waals surface area contributed by atoms with Crippen LogP contribution in [0.25, 0.3) is 5.69 Å². The Balaban J connectivity index is 1.76. The van der Waals surface area contributed by atoms with Crippen molar-refractivity contribution >= 4 is 17.5 Å². The van der Waals surface area contributed by atoms with Crippen molar-refractivity contribution in [3.05, 3.63) is 47.2 Å². The van der Waals surface area contributed by atoms with Gasteiger partial charge in [-0.25, -0.2) is 4.68 Å². The van der Waals surface area contributed by atoms with E-state index in [2.05, 4.69) is 5.10 Å².